The quantitative estimate of drug-likeness (QED) is 0.759. The minimum atomic E-state index is -0.329. The lowest BCUT2D eigenvalue weighted by molar-refractivity contribution is 0.407. The second-order valence-electron chi connectivity index (χ2n) is 2.18. The third kappa shape index (κ3) is 1.50. The lowest BCUT2D eigenvalue weighted by atomic mass is 10.2. The van der Waals surface area contributed by atoms with Gasteiger partial charge in [0.1, 0.15) is 11.6 Å². The third-order valence-electron chi connectivity index (χ3n) is 1.50. The van der Waals surface area contributed by atoms with Gasteiger partial charge in [0.15, 0.2) is 0 Å². The molecule has 0 saturated heterocycles. The highest BCUT2D eigenvalue weighted by atomic mass is 79.9. The van der Waals surface area contributed by atoms with E-state index in [9.17, 15) is 4.39 Å². The molecule has 0 bridgehead atoms. The Balaban J connectivity index is 3.38. The van der Waals surface area contributed by atoms with Gasteiger partial charge in [-0.1, -0.05) is 12.7 Å². The Labute approximate surface area is 79.0 Å². The van der Waals surface area contributed by atoms with Gasteiger partial charge in [-0.15, -0.1) is 0 Å². The van der Waals surface area contributed by atoms with Gasteiger partial charge >= 0.3 is 0 Å². The SMILES string of the molecule is C=Cc1c(F)ccc(Br)c1OC. The Morgan fingerprint density at radius 1 is 1.58 bits per heavy atom. The summed E-state index contributed by atoms with van der Waals surface area (Å²) in [4.78, 5) is 0. The summed E-state index contributed by atoms with van der Waals surface area (Å²) in [6.45, 7) is 3.50. The van der Waals surface area contributed by atoms with Crippen molar-refractivity contribution in [2.45, 2.75) is 0 Å². The minimum Gasteiger partial charge on any atom is -0.495 e. The van der Waals surface area contributed by atoms with Crippen LogP contribution in [0.2, 0.25) is 0 Å². The van der Waals surface area contributed by atoms with Crippen LogP contribution in [0.1, 0.15) is 5.56 Å². The van der Waals surface area contributed by atoms with Crippen LogP contribution in [0.15, 0.2) is 23.2 Å². The summed E-state index contributed by atoms with van der Waals surface area (Å²) in [7, 11) is 1.49. The molecule has 0 aliphatic heterocycles. The smallest absolute Gasteiger partial charge is 0.143 e. The molecule has 12 heavy (non-hydrogen) atoms. The first-order valence-electron chi connectivity index (χ1n) is 3.35. The average Bonchev–Trinajstić information content (AvgIpc) is 2.08. The van der Waals surface area contributed by atoms with Gasteiger partial charge in [0.25, 0.3) is 0 Å². The first kappa shape index (κ1) is 9.26. The number of hydrogen-bond donors (Lipinski definition) is 0. The number of rotatable bonds is 2. The van der Waals surface area contributed by atoms with E-state index in [-0.39, 0.29) is 5.82 Å². The fraction of sp³-hybridized carbons (Fsp3) is 0.111. The second-order valence-corrected chi connectivity index (χ2v) is 3.03. The van der Waals surface area contributed by atoms with Crippen molar-refractivity contribution in [3.05, 3.63) is 34.6 Å². The van der Waals surface area contributed by atoms with Gasteiger partial charge in [0, 0.05) is 0 Å². The van der Waals surface area contributed by atoms with Gasteiger partial charge in [-0.3, -0.25) is 0 Å². The van der Waals surface area contributed by atoms with Gasteiger partial charge in [0.05, 0.1) is 17.1 Å². The van der Waals surface area contributed by atoms with Gasteiger partial charge in [-0.2, -0.15) is 0 Å². The predicted octanol–water partition coefficient (Wildman–Crippen LogP) is 3.24. The van der Waals surface area contributed by atoms with E-state index in [2.05, 4.69) is 22.5 Å². The van der Waals surface area contributed by atoms with E-state index in [1.54, 1.807) is 6.07 Å². The Morgan fingerprint density at radius 3 is 2.67 bits per heavy atom. The highest BCUT2D eigenvalue weighted by Crippen LogP contribution is 2.31. The Bertz CT molecular complexity index is 310. The van der Waals surface area contributed by atoms with E-state index in [0.717, 1.165) is 4.47 Å². The zero-order valence-corrected chi connectivity index (χ0v) is 8.19. The first-order valence-corrected chi connectivity index (χ1v) is 4.14. The topological polar surface area (TPSA) is 9.23 Å². The summed E-state index contributed by atoms with van der Waals surface area (Å²) in [6.07, 6.45) is 1.43. The fourth-order valence-corrected chi connectivity index (χ4v) is 1.45. The lowest BCUT2D eigenvalue weighted by Gasteiger charge is -2.07. The Morgan fingerprint density at radius 2 is 2.25 bits per heavy atom. The number of ether oxygens (including phenoxy) is 1. The summed E-state index contributed by atoms with van der Waals surface area (Å²) >= 11 is 3.24. The first-order chi connectivity index (χ1) is 5.70. The largest absolute Gasteiger partial charge is 0.495 e. The van der Waals surface area contributed by atoms with Crippen LogP contribution in [0.3, 0.4) is 0 Å². The Hall–Kier alpha value is -0.830. The highest BCUT2D eigenvalue weighted by Gasteiger charge is 2.08. The monoisotopic (exact) mass is 230 g/mol. The predicted molar refractivity (Wildman–Crippen MR) is 50.7 cm³/mol. The Kier molecular flexibility index (Phi) is 2.87. The molecule has 0 fully saturated rings. The molecular formula is C9H8BrFO. The van der Waals surface area contributed by atoms with Crippen LogP contribution in [-0.2, 0) is 0 Å². The van der Waals surface area contributed by atoms with Crippen molar-refractivity contribution in [1.29, 1.82) is 0 Å². The standard InChI is InChI=1S/C9H8BrFO/c1-3-6-8(11)5-4-7(10)9(6)12-2/h3-5H,1H2,2H3. The van der Waals surface area contributed by atoms with Crippen molar-refractivity contribution in [3.63, 3.8) is 0 Å². The molecule has 1 aromatic carbocycles. The molecule has 64 valence electrons. The second kappa shape index (κ2) is 3.72. The number of halogens is 2. The molecule has 0 radical (unpaired) electrons. The number of methoxy groups -OCH3 is 1. The highest BCUT2D eigenvalue weighted by molar-refractivity contribution is 9.10. The molecule has 1 nitrogen and oxygen atoms in total. The maximum absolute atomic E-state index is 13.0. The number of hydrogen-bond acceptors (Lipinski definition) is 1. The molecule has 0 amide bonds. The molecule has 1 aromatic rings. The summed E-state index contributed by atoms with van der Waals surface area (Å²) in [6, 6.07) is 2.96. The summed E-state index contributed by atoms with van der Waals surface area (Å²) < 4.78 is 18.8. The molecule has 1 rings (SSSR count). The lowest BCUT2D eigenvalue weighted by Crippen LogP contribution is -1.91. The maximum atomic E-state index is 13.0. The molecule has 0 aliphatic carbocycles. The number of benzene rings is 1. The van der Waals surface area contributed by atoms with E-state index in [0.29, 0.717) is 11.3 Å². The zero-order chi connectivity index (χ0) is 9.14. The van der Waals surface area contributed by atoms with Crippen LogP contribution in [0, 0.1) is 5.82 Å². The molecule has 0 unspecified atom stereocenters. The van der Waals surface area contributed by atoms with Crippen LogP contribution in [0.25, 0.3) is 6.08 Å². The molecule has 3 heteroatoms. The molecule has 0 saturated carbocycles. The molecular weight excluding hydrogens is 223 g/mol. The van der Waals surface area contributed by atoms with Crippen LogP contribution >= 0.6 is 15.9 Å². The summed E-state index contributed by atoms with van der Waals surface area (Å²) in [5.74, 6) is 0.148. The fourth-order valence-electron chi connectivity index (χ4n) is 0.947. The van der Waals surface area contributed by atoms with E-state index in [1.807, 2.05) is 0 Å². The van der Waals surface area contributed by atoms with Crippen LogP contribution in [-0.4, -0.2) is 7.11 Å². The van der Waals surface area contributed by atoms with Gasteiger partial charge in [-0.05, 0) is 28.1 Å². The van der Waals surface area contributed by atoms with Crippen molar-refractivity contribution in [1.82, 2.24) is 0 Å². The van der Waals surface area contributed by atoms with Crippen molar-refractivity contribution in [3.8, 4) is 5.75 Å². The third-order valence-corrected chi connectivity index (χ3v) is 2.13. The normalized spacial score (nSPS) is 9.58. The van der Waals surface area contributed by atoms with Crippen LogP contribution < -0.4 is 4.74 Å². The van der Waals surface area contributed by atoms with Crippen molar-refractivity contribution in [2.24, 2.45) is 0 Å². The van der Waals surface area contributed by atoms with E-state index < -0.39 is 0 Å². The van der Waals surface area contributed by atoms with E-state index >= 15 is 0 Å². The van der Waals surface area contributed by atoms with Crippen LogP contribution in [0.5, 0.6) is 5.75 Å². The van der Waals surface area contributed by atoms with E-state index in [1.165, 1.54) is 19.3 Å². The summed E-state index contributed by atoms with van der Waals surface area (Å²) in [5, 5.41) is 0. The minimum absolute atomic E-state index is 0.329. The average molecular weight is 231 g/mol. The van der Waals surface area contributed by atoms with Crippen molar-refractivity contribution >= 4 is 22.0 Å². The zero-order valence-electron chi connectivity index (χ0n) is 6.60. The molecule has 0 atom stereocenters. The van der Waals surface area contributed by atoms with Gasteiger partial charge < -0.3 is 4.74 Å². The van der Waals surface area contributed by atoms with E-state index in [4.69, 9.17) is 4.74 Å². The molecule has 0 N–H and O–H groups in total. The molecule has 0 aromatic heterocycles. The van der Waals surface area contributed by atoms with Crippen LogP contribution in [0.4, 0.5) is 4.39 Å². The summed E-state index contributed by atoms with van der Waals surface area (Å²) in [5.41, 5.74) is 0.381. The molecule has 0 heterocycles. The van der Waals surface area contributed by atoms with Crippen molar-refractivity contribution in [2.75, 3.05) is 7.11 Å². The molecule has 0 aliphatic rings. The molecule has 0 spiro atoms. The van der Waals surface area contributed by atoms with Gasteiger partial charge in [0.2, 0.25) is 0 Å². The maximum Gasteiger partial charge on any atom is 0.143 e. The van der Waals surface area contributed by atoms with Gasteiger partial charge in [-0.25, -0.2) is 4.39 Å². The van der Waals surface area contributed by atoms with Crippen molar-refractivity contribution < 1.29 is 9.13 Å².